The lowest BCUT2D eigenvalue weighted by molar-refractivity contribution is 0.0659. The fraction of sp³-hybridized carbons (Fsp3) is 0.714. The van der Waals surface area contributed by atoms with Crippen LogP contribution in [0.4, 0.5) is 0 Å². The maximum absolute atomic E-state index is 2.78. The predicted octanol–water partition coefficient (Wildman–Crippen LogP) is 3.31. The van der Waals surface area contributed by atoms with Gasteiger partial charge in [-0.3, -0.25) is 9.80 Å². The summed E-state index contributed by atoms with van der Waals surface area (Å²) in [5.74, 6) is 0.975. The standard InChI is InChI=1S/C21H35N3/c1-22(2)13-12-19-8-10-21(11-9-19)24-16-14-23(15-17-24)18-20-6-4-3-5-7-20/h3-7,19,21H,8-18H2,1-2H3. The molecule has 2 aliphatic rings. The SMILES string of the molecule is CN(C)CCC1CCC(N2CCN(Cc3ccccc3)CC2)CC1. The highest BCUT2D eigenvalue weighted by Crippen LogP contribution is 2.30. The fourth-order valence-corrected chi connectivity index (χ4v) is 4.37. The van der Waals surface area contributed by atoms with Crippen LogP contribution in [0.25, 0.3) is 0 Å². The van der Waals surface area contributed by atoms with Crippen molar-refractivity contribution in [1.82, 2.24) is 14.7 Å². The lowest BCUT2D eigenvalue weighted by atomic mass is 9.83. The van der Waals surface area contributed by atoms with Crippen LogP contribution in [0.2, 0.25) is 0 Å². The van der Waals surface area contributed by atoms with Crippen molar-refractivity contribution in [1.29, 1.82) is 0 Å². The van der Waals surface area contributed by atoms with Crippen molar-refractivity contribution in [3.63, 3.8) is 0 Å². The molecule has 1 aromatic rings. The zero-order chi connectivity index (χ0) is 16.8. The first-order valence-corrected chi connectivity index (χ1v) is 9.86. The second kappa shape index (κ2) is 8.98. The molecule has 0 unspecified atom stereocenters. The van der Waals surface area contributed by atoms with E-state index >= 15 is 0 Å². The molecule has 2 fully saturated rings. The van der Waals surface area contributed by atoms with Gasteiger partial charge in [0.05, 0.1) is 0 Å². The van der Waals surface area contributed by atoms with Crippen LogP contribution in [-0.4, -0.2) is 67.6 Å². The van der Waals surface area contributed by atoms with Crippen molar-refractivity contribution in [2.75, 3.05) is 46.8 Å². The van der Waals surface area contributed by atoms with E-state index in [4.69, 9.17) is 0 Å². The summed E-state index contributed by atoms with van der Waals surface area (Å²) < 4.78 is 0. The Morgan fingerprint density at radius 2 is 1.58 bits per heavy atom. The molecule has 1 aliphatic carbocycles. The van der Waals surface area contributed by atoms with Gasteiger partial charge < -0.3 is 4.90 Å². The molecular weight excluding hydrogens is 294 g/mol. The first-order chi connectivity index (χ1) is 11.7. The Bertz CT molecular complexity index is 457. The smallest absolute Gasteiger partial charge is 0.0234 e. The summed E-state index contributed by atoms with van der Waals surface area (Å²) in [7, 11) is 4.39. The molecule has 1 saturated carbocycles. The van der Waals surface area contributed by atoms with Gasteiger partial charge in [-0.2, -0.15) is 0 Å². The average Bonchev–Trinajstić information content (AvgIpc) is 2.62. The summed E-state index contributed by atoms with van der Waals surface area (Å²) in [6.45, 7) is 7.37. The first kappa shape index (κ1) is 17.9. The molecule has 3 heteroatoms. The van der Waals surface area contributed by atoms with Gasteiger partial charge in [-0.25, -0.2) is 0 Å². The molecule has 1 saturated heterocycles. The van der Waals surface area contributed by atoms with Crippen LogP contribution in [0, 0.1) is 5.92 Å². The van der Waals surface area contributed by atoms with Crippen LogP contribution in [0.3, 0.4) is 0 Å². The van der Waals surface area contributed by atoms with Crippen LogP contribution >= 0.6 is 0 Å². The summed E-state index contributed by atoms with van der Waals surface area (Å²) in [6.07, 6.45) is 7.14. The van der Waals surface area contributed by atoms with Crippen LogP contribution in [-0.2, 0) is 6.54 Å². The topological polar surface area (TPSA) is 9.72 Å². The Hall–Kier alpha value is -0.900. The van der Waals surface area contributed by atoms with Crippen LogP contribution in [0.1, 0.15) is 37.7 Å². The van der Waals surface area contributed by atoms with Gasteiger partial charge in [0.2, 0.25) is 0 Å². The summed E-state index contributed by atoms with van der Waals surface area (Å²) in [6, 6.07) is 11.8. The summed E-state index contributed by atoms with van der Waals surface area (Å²) in [5, 5.41) is 0. The van der Waals surface area contributed by atoms with Gasteiger partial charge in [-0.1, -0.05) is 30.3 Å². The molecule has 0 aromatic heterocycles. The largest absolute Gasteiger partial charge is 0.309 e. The van der Waals surface area contributed by atoms with Crippen LogP contribution in [0.5, 0.6) is 0 Å². The summed E-state index contributed by atoms with van der Waals surface area (Å²) >= 11 is 0. The van der Waals surface area contributed by atoms with E-state index in [-0.39, 0.29) is 0 Å². The van der Waals surface area contributed by atoms with E-state index in [2.05, 4.69) is 59.1 Å². The van der Waals surface area contributed by atoms with Crippen molar-refractivity contribution >= 4 is 0 Å². The minimum atomic E-state index is 0.861. The molecule has 0 bridgehead atoms. The molecular formula is C21H35N3. The van der Waals surface area contributed by atoms with Gasteiger partial charge in [0.25, 0.3) is 0 Å². The monoisotopic (exact) mass is 329 g/mol. The number of benzene rings is 1. The van der Waals surface area contributed by atoms with Crippen molar-refractivity contribution in [3.05, 3.63) is 35.9 Å². The predicted molar refractivity (Wildman–Crippen MR) is 102 cm³/mol. The second-order valence-corrected chi connectivity index (χ2v) is 8.06. The van der Waals surface area contributed by atoms with E-state index in [1.807, 2.05) is 0 Å². The summed E-state index contributed by atoms with van der Waals surface area (Å²) in [4.78, 5) is 7.73. The molecule has 1 aromatic carbocycles. The molecule has 134 valence electrons. The van der Waals surface area contributed by atoms with E-state index in [0.717, 1.165) is 18.5 Å². The normalized spacial score (nSPS) is 26.8. The highest BCUT2D eigenvalue weighted by Gasteiger charge is 2.28. The van der Waals surface area contributed by atoms with Crippen LogP contribution < -0.4 is 0 Å². The van der Waals surface area contributed by atoms with Gasteiger partial charge >= 0.3 is 0 Å². The maximum Gasteiger partial charge on any atom is 0.0234 e. The average molecular weight is 330 g/mol. The van der Waals surface area contributed by atoms with E-state index < -0.39 is 0 Å². The quantitative estimate of drug-likeness (QED) is 0.793. The van der Waals surface area contributed by atoms with E-state index in [9.17, 15) is 0 Å². The Morgan fingerprint density at radius 3 is 2.21 bits per heavy atom. The molecule has 24 heavy (non-hydrogen) atoms. The summed E-state index contributed by atoms with van der Waals surface area (Å²) in [5.41, 5.74) is 1.45. The minimum Gasteiger partial charge on any atom is -0.309 e. The number of piperazine rings is 1. The van der Waals surface area contributed by atoms with Gasteiger partial charge in [0.1, 0.15) is 0 Å². The first-order valence-electron chi connectivity index (χ1n) is 9.86. The third-order valence-corrected chi connectivity index (χ3v) is 5.97. The van der Waals surface area contributed by atoms with E-state index in [1.54, 1.807) is 0 Å². The van der Waals surface area contributed by atoms with Crippen molar-refractivity contribution in [2.45, 2.75) is 44.7 Å². The van der Waals surface area contributed by atoms with Crippen molar-refractivity contribution in [2.24, 2.45) is 5.92 Å². The number of hydrogen-bond donors (Lipinski definition) is 0. The fourth-order valence-electron chi connectivity index (χ4n) is 4.37. The maximum atomic E-state index is 2.78. The Kier molecular flexibility index (Phi) is 6.70. The van der Waals surface area contributed by atoms with Gasteiger partial charge in [0.15, 0.2) is 0 Å². The highest BCUT2D eigenvalue weighted by molar-refractivity contribution is 5.14. The molecule has 3 rings (SSSR count). The van der Waals surface area contributed by atoms with E-state index in [1.165, 1.54) is 70.4 Å². The molecule has 0 atom stereocenters. The van der Waals surface area contributed by atoms with Crippen molar-refractivity contribution in [3.8, 4) is 0 Å². The van der Waals surface area contributed by atoms with Gasteiger partial charge in [-0.05, 0) is 64.2 Å². The molecule has 0 radical (unpaired) electrons. The number of hydrogen-bond acceptors (Lipinski definition) is 3. The van der Waals surface area contributed by atoms with Gasteiger partial charge in [-0.15, -0.1) is 0 Å². The number of nitrogens with zero attached hydrogens (tertiary/aromatic N) is 3. The minimum absolute atomic E-state index is 0.861. The molecule has 0 N–H and O–H groups in total. The molecule has 3 nitrogen and oxygen atoms in total. The second-order valence-electron chi connectivity index (χ2n) is 8.06. The Balaban J connectivity index is 1.37. The Labute approximate surface area is 148 Å². The van der Waals surface area contributed by atoms with Crippen LogP contribution in [0.15, 0.2) is 30.3 Å². The molecule has 1 aliphatic heterocycles. The number of rotatable bonds is 6. The third kappa shape index (κ3) is 5.30. The Morgan fingerprint density at radius 1 is 0.917 bits per heavy atom. The molecule has 1 heterocycles. The third-order valence-electron chi connectivity index (χ3n) is 5.97. The molecule has 0 amide bonds. The molecule has 0 spiro atoms. The zero-order valence-electron chi connectivity index (χ0n) is 15.7. The zero-order valence-corrected chi connectivity index (χ0v) is 15.7. The lowest BCUT2D eigenvalue weighted by Gasteiger charge is -2.42. The van der Waals surface area contributed by atoms with E-state index in [0.29, 0.717) is 0 Å². The van der Waals surface area contributed by atoms with Crippen molar-refractivity contribution < 1.29 is 0 Å². The highest BCUT2D eigenvalue weighted by atomic mass is 15.3. The lowest BCUT2D eigenvalue weighted by Crippen LogP contribution is -2.50. The van der Waals surface area contributed by atoms with Gasteiger partial charge in [0, 0.05) is 38.8 Å².